The third-order valence-corrected chi connectivity index (χ3v) is 3.47. The molecule has 0 saturated heterocycles. The summed E-state index contributed by atoms with van der Waals surface area (Å²) in [5, 5.41) is 4.52. The maximum Gasteiger partial charge on any atom is 0.0790 e. The van der Waals surface area contributed by atoms with E-state index < -0.39 is 0 Å². The molecule has 2 aromatic rings. The number of para-hydroxylation sites is 1. The van der Waals surface area contributed by atoms with E-state index in [2.05, 4.69) is 10.6 Å². The lowest BCUT2D eigenvalue weighted by molar-refractivity contribution is -0.0249. The molecule has 1 fully saturated rings. The monoisotopic (exact) mass is 257 g/mol. The lowest BCUT2D eigenvalue weighted by Gasteiger charge is -2.10. The zero-order valence-electron chi connectivity index (χ0n) is 11.0. The van der Waals surface area contributed by atoms with E-state index in [1.54, 1.807) is 0 Å². The molecule has 0 aliphatic heterocycles. The minimum atomic E-state index is 0.385. The van der Waals surface area contributed by atoms with Crippen molar-refractivity contribution in [1.29, 1.82) is 0 Å². The van der Waals surface area contributed by atoms with Gasteiger partial charge in [0.25, 0.3) is 0 Å². The molecule has 3 rings (SSSR count). The number of hydroxylamine groups is 1. The number of nitrogens with one attached hydrogen (secondary N) is 1. The van der Waals surface area contributed by atoms with Crippen LogP contribution in [-0.2, 0) is 11.4 Å². The summed E-state index contributed by atoms with van der Waals surface area (Å²) in [4.78, 5) is 5.62. The number of hydrogen-bond donors (Lipinski definition) is 1. The van der Waals surface area contributed by atoms with Crippen LogP contribution < -0.4 is 5.48 Å². The Kier molecular flexibility index (Phi) is 3.91. The zero-order chi connectivity index (χ0) is 12.9. The van der Waals surface area contributed by atoms with E-state index in [-0.39, 0.29) is 0 Å². The fourth-order valence-electron chi connectivity index (χ4n) is 2.42. The smallest absolute Gasteiger partial charge is 0.0790 e. The first-order valence-electron chi connectivity index (χ1n) is 6.90. The third kappa shape index (κ3) is 3.22. The van der Waals surface area contributed by atoms with Crippen molar-refractivity contribution in [2.75, 3.05) is 0 Å². The second-order valence-electron chi connectivity index (χ2n) is 4.93. The van der Waals surface area contributed by atoms with E-state index in [0.29, 0.717) is 12.6 Å². The summed E-state index contributed by atoms with van der Waals surface area (Å²) < 4.78 is 1.88. The first kappa shape index (κ1) is 12.4. The summed E-state index contributed by atoms with van der Waals surface area (Å²) in [5.74, 6) is 0. The van der Waals surface area contributed by atoms with Gasteiger partial charge in [0.05, 0.1) is 24.0 Å². The first-order valence-corrected chi connectivity index (χ1v) is 6.90. The molecule has 0 unspecified atom stereocenters. The molecular formula is C15H19N3O. The van der Waals surface area contributed by atoms with Gasteiger partial charge < -0.3 is 0 Å². The molecule has 1 saturated carbocycles. The van der Waals surface area contributed by atoms with Gasteiger partial charge in [-0.15, -0.1) is 0 Å². The molecule has 0 bridgehead atoms. The average molecular weight is 257 g/mol. The van der Waals surface area contributed by atoms with Crippen LogP contribution in [0.5, 0.6) is 0 Å². The number of rotatable bonds is 5. The van der Waals surface area contributed by atoms with Crippen LogP contribution in [0.3, 0.4) is 0 Å². The highest BCUT2D eigenvalue weighted by Crippen LogP contribution is 2.19. The van der Waals surface area contributed by atoms with Gasteiger partial charge in [0, 0.05) is 6.20 Å². The maximum atomic E-state index is 5.62. The molecule has 1 aliphatic rings. The highest BCUT2D eigenvalue weighted by molar-refractivity contribution is 5.30. The minimum Gasteiger partial charge on any atom is -0.298 e. The fraction of sp³-hybridized carbons (Fsp3) is 0.400. The van der Waals surface area contributed by atoms with E-state index in [9.17, 15) is 0 Å². The summed E-state index contributed by atoms with van der Waals surface area (Å²) in [5.41, 5.74) is 5.09. The summed E-state index contributed by atoms with van der Waals surface area (Å²) in [7, 11) is 0. The van der Waals surface area contributed by atoms with Gasteiger partial charge in [0.15, 0.2) is 0 Å². The Labute approximate surface area is 113 Å². The van der Waals surface area contributed by atoms with Crippen LogP contribution in [0.2, 0.25) is 0 Å². The van der Waals surface area contributed by atoms with Gasteiger partial charge in [-0.1, -0.05) is 31.0 Å². The molecule has 1 aromatic carbocycles. The molecule has 1 aliphatic carbocycles. The van der Waals surface area contributed by atoms with E-state index in [0.717, 1.165) is 11.4 Å². The molecular weight excluding hydrogens is 238 g/mol. The fourth-order valence-corrected chi connectivity index (χ4v) is 2.42. The number of benzene rings is 1. The van der Waals surface area contributed by atoms with Gasteiger partial charge in [0.1, 0.15) is 0 Å². The molecule has 1 aromatic heterocycles. The van der Waals surface area contributed by atoms with Gasteiger partial charge in [-0.2, -0.15) is 10.6 Å². The number of nitrogens with zero attached hydrogens (tertiary/aromatic N) is 2. The van der Waals surface area contributed by atoms with Crippen molar-refractivity contribution >= 4 is 0 Å². The van der Waals surface area contributed by atoms with Crippen molar-refractivity contribution in [1.82, 2.24) is 15.3 Å². The van der Waals surface area contributed by atoms with E-state index >= 15 is 0 Å². The molecule has 4 heteroatoms. The number of aromatic nitrogens is 2. The van der Waals surface area contributed by atoms with Gasteiger partial charge >= 0.3 is 0 Å². The van der Waals surface area contributed by atoms with Crippen LogP contribution in [0.25, 0.3) is 5.69 Å². The highest BCUT2D eigenvalue weighted by atomic mass is 16.7. The van der Waals surface area contributed by atoms with Crippen LogP contribution in [-0.4, -0.2) is 15.9 Å². The van der Waals surface area contributed by atoms with Crippen molar-refractivity contribution in [3.63, 3.8) is 0 Å². The van der Waals surface area contributed by atoms with Gasteiger partial charge in [0.2, 0.25) is 0 Å². The Hall–Kier alpha value is -1.65. The lowest BCUT2D eigenvalue weighted by Crippen LogP contribution is -2.21. The molecule has 0 spiro atoms. The van der Waals surface area contributed by atoms with E-state index in [1.165, 1.54) is 25.7 Å². The summed E-state index contributed by atoms with van der Waals surface area (Å²) in [6, 6.07) is 12.1. The van der Waals surface area contributed by atoms with Crippen molar-refractivity contribution < 1.29 is 4.84 Å². The van der Waals surface area contributed by atoms with Crippen LogP contribution in [0.4, 0.5) is 0 Å². The predicted octanol–water partition coefficient (Wildman–Crippen LogP) is 2.84. The average Bonchev–Trinajstić information content (AvgIpc) is 3.11. The number of hydrogen-bond acceptors (Lipinski definition) is 3. The summed E-state index contributed by atoms with van der Waals surface area (Å²) in [6.45, 7) is 0.649. The summed E-state index contributed by atoms with van der Waals surface area (Å²) >= 11 is 0. The molecule has 4 nitrogen and oxygen atoms in total. The van der Waals surface area contributed by atoms with Crippen LogP contribution in [0, 0.1) is 0 Å². The van der Waals surface area contributed by atoms with Crippen molar-refractivity contribution in [2.45, 2.75) is 38.3 Å². The van der Waals surface area contributed by atoms with Crippen molar-refractivity contribution in [2.24, 2.45) is 0 Å². The summed E-state index contributed by atoms with van der Waals surface area (Å²) in [6.07, 6.45) is 7.28. The van der Waals surface area contributed by atoms with E-state index in [4.69, 9.17) is 4.84 Å². The minimum absolute atomic E-state index is 0.385. The Morgan fingerprint density at radius 2 is 1.95 bits per heavy atom. The highest BCUT2D eigenvalue weighted by Gasteiger charge is 2.15. The SMILES string of the molecule is c1ccc(-n2ccc(CNOC3CCCC3)n2)cc1. The lowest BCUT2D eigenvalue weighted by atomic mass is 10.3. The second-order valence-corrected chi connectivity index (χ2v) is 4.93. The Morgan fingerprint density at radius 1 is 1.16 bits per heavy atom. The molecule has 100 valence electrons. The first-order chi connectivity index (χ1) is 9.42. The molecule has 0 radical (unpaired) electrons. The Bertz CT molecular complexity index is 503. The Morgan fingerprint density at radius 3 is 2.74 bits per heavy atom. The van der Waals surface area contributed by atoms with Crippen molar-refractivity contribution in [3.8, 4) is 5.69 Å². The normalized spacial score (nSPS) is 16.0. The standard InChI is InChI=1S/C15H19N3O/c1-2-6-14(7-3-1)18-11-10-13(17-18)12-16-19-15-8-4-5-9-15/h1-3,6-7,10-11,15-16H,4-5,8-9,12H2. The second kappa shape index (κ2) is 5.99. The van der Waals surface area contributed by atoms with E-state index in [1.807, 2.05) is 47.3 Å². The van der Waals surface area contributed by atoms with Gasteiger partial charge in [-0.05, 0) is 31.0 Å². The molecule has 19 heavy (non-hydrogen) atoms. The Balaban J connectivity index is 1.53. The molecule has 0 amide bonds. The third-order valence-electron chi connectivity index (χ3n) is 3.47. The van der Waals surface area contributed by atoms with Crippen molar-refractivity contribution in [3.05, 3.63) is 48.3 Å². The predicted molar refractivity (Wildman–Crippen MR) is 73.7 cm³/mol. The topological polar surface area (TPSA) is 39.1 Å². The molecule has 0 atom stereocenters. The maximum absolute atomic E-state index is 5.62. The van der Waals surface area contributed by atoms with Gasteiger partial charge in [-0.3, -0.25) is 4.84 Å². The quantitative estimate of drug-likeness (QED) is 0.837. The van der Waals surface area contributed by atoms with Crippen LogP contribution >= 0.6 is 0 Å². The largest absolute Gasteiger partial charge is 0.298 e. The zero-order valence-corrected chi connectivity index (χ0v) is 11.0. The van der Waals surface area contributed by atoms with Gasteiger partial charge in [-0.25, -0.2) is 4.68 Å². The van der Waals surface area contributed by atoms with Crippen LogP contribution in [0.1, 0.15) is 31.4 Å². The molecule has 1 N–H and O–H groups in total. The molecule has 1 heterocycles. The van der Waals surface area contributed by atoms with Crippen LogP contribution in [0.15, 0.2) is 42.6 Å².